The molecule has 2 heterocycles. The first-order valence-corrected chi connectivity index (χ1v) is 15.8. The summed E-state index contributed by atoms with van der Waals surface area (Å²) in [5, 5.41) is -1.02. The second-order valence-corrected chi connectivity index (χ2v) is 11.5. The molecular formula is C47H29N3O. The average Bonchev–Trinajstić information content (AvgIpc) is 3.70. The maximum atomic E-state index is 9.55. The van der Waals surface area contributed by atoms with Gasteiger partial charge in [-0.1, -0.05) is 145 Å². The SMILES string of the molecule is [2H]c1cc([2H])c2oc3c([2H])cc([2H])c(-c4c([2H])c([2H])c5c([2H])c(-c6nc(-c7ccc(-c8ccccc8)cc7)nc(-c7cc([2H])c8c([2H])c([2H])c([2H])c([2H])c8c7[2H])n6)c([2H])c([2H])c5c4[2H])c3c2c1. The van der Waals surface area contributed by atoms with E-state index in [9.17, 15) is 9.60 Å². The summed E-state index contributed by atoms with van der Waals surface area (Å²) >= 11 is 0. The highest BCUT2D eigenvalue weighted by Crippen LogP contribution is 2.38. The minimum absolute atomic E-state index is 0.00294. The second kappa shape index (κ2) is 11.9. The summed E-state index contributed by atoms with van der Waals surface area (Å²) in [4.78, 5) is 13.9. The Hall–Kier alpha value is -6.91. The molecule has 0 saturated carbocycles. The number of benzene rings is 8. The van der Waals surface area contributed by atoms with Crippen LogP contribution in [0.5, 0.6) is 0 Å². The summed E-state index contributed by atoms with van der Waals surface area (Å²) in [6, 6.07) is 13.7. The van der Waals surface area contributed by atoms with Gasteiger partial charge in [-0.15, -0.1) is 0 Å². The fourth-order valence-electron chi connectivity index (χ4n) is 5.96. The Bertz CT molecular complexity index is 3820. The van der Waals surface area contributed by atoms with Crippen LogP contribution in [-0.4, -0.2) is 15.0 Å². The van der Waals surface area contributed by atoms with Gasteiger partial charge in [0.15, 0.2) is 17.5 Å². The van der Waals surface area contributed by atoms with Crippen LogP contribution in [-0.2, 0) is 0 Å². The Morgan fingerprint density at radius 1 is 0.392 bits per heavy atom. The molecule has 4 nitrogen and oxygen atoms in total. The number of para-hydroxylation sites is 1. The maximum absolute atomic E-state index is 9.55. The first-order valence-electron chi connectivity index (χ1n) is 23.8. The standard InChI is InChI=1S/C47H29N3O/c1-2-9-30(10-3-1)32-17-20-33(21-18-32)45-48-46(38-25-19-31-11-4-5-12-34(31)28-38)50-47(49-45)39-26-23-35-27-37(24-22-36(35)29-39)40-14-8-16-43-44(40)41-13-6-7-15-42(41)51-43/h1-29H/i4D,5D,6D,11D,12D,14D,15D,16D,19D,22D,23D,24D,26D,27D,28D,29D. The molecule has 0 radical (unpaired) electrons. The number of fused-ring (bicyclic) bond motifs is 5. The van der Waals surface area contributed by atoms with E-state index < -0.39 is 72.0 Å². The third kappa shape index (κ3) is 5.22. The third-order valence-corrected chi connectivity index (χ3v) is 8.41. The molecule has 10 rings (SSSR count). The number of rotatable bonds is 5. The lowest BCUT2D eigenvalue weighted by atomic mass is 9.96. The van der Waals surface area contributed by atoms with Crippen molar-refractivity contribution in [1.82, 2.24) is 15.0 Å². The van der Waals surface area contributed by atoms with E-state index in [0.29, 0.717) is 5.56 Å². The van der Waals surface area contributed by atoms with Crippen LogP contribution in [0.2, 0.25) is 0 Å². The minimum Gasteiger partial charge on any atom is -0.456 e. The molecule has 0 amide bonds. The molecule has 10 aromatic rings. The molecule has 0 atom stereocenters. The number of aromatic nitrogens is 3. The van der Waals surface area contributed by atoms with E-state index in [2.05, 4.69) is 15.0 Å². The Morgan fingerprint density at radius 3 is 1.84 bits per heavy atom. The highest BCUT2D eigenvalue weighted by Gasteiger charge is 2.15. The van der Waals surface area contributed by atoms with Crippen molar-refractivity contribution in [2.75, 3.05) is 0 Å². The summed E-state index contributed by atoms with van der Waals surface area (Å²) < 4.78 is 148. The fraction of sp³-hybridized carbons (Fsp3) is 0. The zero-order valence-corrected chi connectivity index (χ0v) is 26.3. The van der Waals surface area contributed by atoms with Gasteiger partial charge in [-0.3, -0.25) is 0 Å². The van der Waals surface area contributed by atoms with Crippen molar-refractivity contribution in [3.05, 3.63) is 176 Å². The van der Waals surface area contributed by atoms with Crippen LogP contribution in [0.25, 0.3) is 99.9 Å². The van der Waals surface area contributed by atoms with Crippen molar-refractivity contribution < 1.29 is 26.3 Å². The number of hydrogen-bond donors (Lipinski definition) is 0. The molecule has 0 saturated heterocycles. The largest absolute Gasteiger partial charge is 0.456 e. The smallest absolute Gasteiger partial charge is 0.164 e. The van der Waals surface area contributed by atoms with Crippen molar-refractivity contribution in [2.45, 2.75) is 0 Å². The van der Waals surface area contributed by atoms with E-state index in [1.807, 2.05) is 42.5 Å². The van der Waals surface area contributed by atoms with Crippen molar-refractivity contribution in [1.29, 1.82) is 0 Å². The monoisotopic (exact) mass is 667 g/mol. The zero-order chi connectivity index (χ0) is 47.7. The summed E-state index contributed by atoms with van der Waals surface area (Å²) in [5.74, 6) is -0.708. The van der Waals surface area contributed by atoms with Crippen LogP contribution in [0.4, 0.5) is 0 Å². The van der Waals surface area contributed by atoms with E-state index in [1.54, 1.807) is 12.1 Å². The molecule has 0 N–H and O–H groups in total. The van der Waals surface area contributed by atoms with Gasteiger partial charge in [-0.05, 0) is 74.0 Å². The van der Waals surface area contributed by atoms with E-state index in [0.717, 1.165) is 17.2 Å². The molecule has 51 heavy (non-hydrogen) atoms. The number of hydrogen-bond acceptors (Lipinski definition) is 4. The molecule has 0 aliphatic rings. The molecule has 0 fully saturated rings. The zero-order valence-electron chi connectivity index (χ0n) is 42.3. The lowest BCUT2D eigenvalue weighted by Crippen LogP contribution is -2.00. The summed E-state index contributed by atoms with van der Waals surface area (Å²) in [6.07, 6.45) is 0. The lowest BCUT2D eigenvalue weighted by molar-refractivity contribution is 0.669. The molecule has 0 aliphatic carbocycles. The van der Waals surface area contributed by atoms with Gasteiger partial charge in [0, 0.05) is 27.5 Å². The van der Waals surface area contributed by atoms with Crippen LogP contribution >= 0.6 is 0 Å². The van der Waals surface area contributed by atoms with Gasteiger partial charge >= 0.3 is 0 Å². The molecular weight excluding hydrogens is 623 g/mol. The van der Waals surface area contributed by atoms with Gasteiger partial charge in [-0.25, -0.2) is 15.0 Å². The van der Waals surface area contributed by atoms with E-state index >= 15 is 0 Å². The molecule has 0 unspecified atom stereocenters. The van der Waals surface area contributed by atoms with Gasteiger partial charge in [0.05, 0.1) is 21.9 Å². The van der Waals surface area contributed by atoms with Gasteiger partial charge in [0.2, 0.25) is 0 Å². The van der Waals surface area contributed by atoms with E-state index in [4.69, 9.17) is 16.8 Å². The summed E-state index contributed by atoms with van der Waals surface area (Å²) in [6.45, 7) is 0. The minimum atomic E-state index is -0.666. The molecule has 0 aliphatic heterocycles. The van der Waals surface area contributed by atoms with Gasteiger partial charge in [-0.2, -0.15) is 0 Å². The predicted octanol–water partition coefficient (Wildman–Crippen LogP) is 12.4. The van der Waals surface area contributed by atoms with Crippen LogP contribution in [0.15, 0.2) is 180 Å². The van der Waals surface area contributed by atoms with Crippen LogP contribution < -0.4 is 0 Å². The van der Waals surface area contributed by atoms with Crippen molar-refractivity contribution in [3.8, 4) is 56.4 Å². The van der Waals surface area contributed by atoms with Gasteiger partial charge < -0.3 is 4.42 Å². The topological polar surface area (TPSA) is 51.8 Å². The van der Waals surface area contributed by atoms with Crippen LogP contribution in [0.1, 0.15) is 21.9 Å². The number of furan rings is 1. The number of nitrogens with zero attached hydrogens (tertiary/aromatic N) is 3. The third-order valence-electron chi connectivity index (χ3n) is 8.41. The van der Waals surface area contributed by atoms with Crippen molar-refractivity contribution in [2.24, 2.45) is 0 Å². The van der Waals surface area contributed by atoms with Gasteiger partial charge in [0.25, 0.3) is 0 Å². The highest BCUT2D eigenvalue weighted by molar-refractivity contribution is 6.13. The van der Waals surface area contributed by atoms with E-state index in [1.165, 1.54) is 18.2 Å². The Kier molecular flexibility index (Phi) is 4.00. The van der Waals surface area contributed by atoms with Crippen molar-refractivity contribution in [3.63, 3.8) is 0 Å². The first kappa shape index (κ1) is 17.1. The second-order valence-electron chi connectivity index (χ2n) is 11.5. The van der Waals surface area contributed by atoms with Crippen LogP contribution in [0, 0.1) is 0 Å². The quantitative estimate of drug-likeness (QED) is 0.183. The average molecular weight is 668 g/mol. The molecule has 4 heteroatoms. The maximum Gasteiger partial charge on any atom is 0.164 e. The molecule has 0 spiro atoms. The molecule has 238 valence electrons. The van der Waals surface area contributed by atoms with Crippen molar-refractivity contribution >= 4 is 43.5 Å². The Morgan fingerprint density at radius 2 is 1.02 bits per heavy atom. The summed E-state index contributed by atoms with van der Waals surface area (Å²) in [7, 11) is 0. The van der Waals surface area contributed by atoms with E-state index in [-0.39, 0.29) is 108 Å². The highest BCUT2D eigenvalue weighted by atomic mass is 16.3. The normalized spacial score (nSPS) is 15.9. The molecule has 2 aromatic heterocycles. The molecule has 0 bridgehead atoms. The van der Waals surface area contributed by atoms with Crippen LogP contribution in [0.3, 0.4) is 0 Å². The summed E-state index contributed by atoms with van der Waals surface area (Å²) in [5.41, 5.74) is 1.06. The molecule has 8 aromatic carbocycles. The Balaban J connectivity index is 1.25. The van der Waals surface area contributed by atoms with Gasteiger partial charge in [0.1, 0.15) is 11.2 Å². The lowest BCUT2D eigenvalue weighted by Gasteiger charge is -2.11. The fourth-order valence-corrected chi connectivity index (χ4v) is 5.96. The first-order chi connectivity index (χ1) is 31.9. The predicted molar refractivity (Wildman–Crippen MR) is 209 cm³/mol. The Labute approximate surface area is 316 Å².